The highest BCUT2D eigenvalue weighted by atomic mass is 32.1. The van der Waals surface area contributed by atoms with Crippen molar-refractivity contribution in [2.45, 2.75) is 0 Å². The highest BCUT2D eigenvalue weighted by Gasteiger charge is 1.99. The zero-order valence-corrected chi connectivity index (χ0v) is 10.9. The Morgan fingerprint density at radius 3 is 2.21 bits per heavy atom. The Labute approximate surface area is 116 Å². The van der Waals surface area contributed by atoms with Crippen LogP contribution in [0.25, 0.3) is 5.69 Å². The molecule has 0 atom stereocenters. The first-order valence-corrected chi connectivity index (χ1v) is 6.33. The molecule has 0 spiro atoms. The van der Waals surface area contributed by atoms with Gasteiger partial charge < -0.3 is 9.72 Å². The Morgan fingerprint density at radius 2 is 1.58 bits per heavy atom. The van der Waals surface area contributed by atoms with Gasteiger partial charge in [-0.25, -0.2) is 0 Å². The lowest BCUT2D eigenvalue weighted by Gasteiger charge is -2.07. The summed E-state index contributed by atoms with van der Waals surface area (Å²) in [5.41, 5.74) is 1.01. The monoisotopic (exact) mass is 268 g/mol. The molecule has 94 valence electrons. The predicted octanol–water partition coefficient (Wildman–Crippen LogP) is 4.33. The second-order valence-corrected chi connectivity index (χ2v) is 4.43. The number of benzene rings is 2. The molecule has 0 saturated heterocycles. The van der Waals surface area contributed by atoms with E-state index in [0.717, 1.165) is 17.2 Å². The maximum absolute atomic E-state index is 5.74. The van der Waals surface area contributed by atoms with Gasteiger partial charge in [0.05, 0.1) is 0 Å². The molecule has 0 unspecified atom stereocenters. The van der Waals surface area contributed by atoms with Gasteiger partial charge in [0.25, 0.3) is 0 Å². The summed E-state index contributed by atoms with van der Waals surface area (Å²) in [7, 11) is 0. The zero-order chi connectivity index (χ0) is 13.1. The van der Waals surface area contributed by atoms with Crippen molar-refractivity contribution >= 4 is 12.2 Å². The molecule has 0 aliphatic rings. The van der Waals surface area contributed by atoms with Crippen LogP contribution in [0.2, 0.25) is 0 Å². The average Bonchev–Trinajstić information content (AvgIpc) is 2.87. The van der Waals surface area contributed by atoms with Crippen LogP contribution in [-0.2, 0) is 0 Å². The van der Waals surface area contributed by atoms with Gasteiger partial charge in [0.15, 0.2) is 4.77 Å². The highest BCUT2D eigenvalue weighted by molar-refractivity contribution is 7.71. The fourth-order valence-electron chi connectivity index (χ4n) is 1.82. The first-order chi connectivity index (χ1) is 9.33. The fraction of sp³-hybridized carbons (Fsp3) is 0. The van der Waals surface area contributed by atoms with E-state index in [4.69, 9.17) is 17.0 Å². The van der Waals surface area contributed by atoms with Crippen molar-refractivity contribution in [1.82, 2.24) is 9.55 Å². The maximum atomic E-state index is 5.74. The molecule has 1 heterocycles. The molecular formula is C15H12N2OS. The van der Waals surface area contributed by atoms with Gasteiger partial charge in [-0.05, 0) is 48.6 Å². The summed E-state index contributed by atoms with van der Waals surface area (Å²) in [6, 6.07) is 17.5. The van der Waals surface area contributed by atoms with Crippen molar-refractivity contribution in [2.24, 2.45) is 0 Å². The predicted molar refractivity (Wildman–Crippen MR) is 77.5 cm³/mol. The van der Waals surface area contributed by atoms with Gasteiger partial charge in [0.1, 0.15) is 11.5 Å². The largest absolute Gasteiger partial charge is 0.457 e. The summed E-state index contributed by atoms with van der Waals surface area (Å²) in [5.74, 6) is 1.63. The van der Waals surface area contributed by atoms with E-state index in [9.17, 15) is 0 Å². The maximum Gasteiger partial charge on any atom is 0.181 e. The van der Waals surface area contributed by atoms with Crippen LogP contribution < -0.4 is 4.74 Å². The summed E-state index contributed by atoms with van der Waals surface area (Å²) >= 11 is 5.18. The third-order valence-electron chi connectivity index (χ3n) is 2.74. The lowest BCUT2D eigenvalue weighted by molar-refractivity contribution is 0.482. The number of imidazole rings is 1. The van der Waals surface area contributed by atoms with Crippen molar-refractivity contribution in [3.8, 4) is 17.2 Å². The minimum atomic E-state index is 0.678. The van der Waals surface area contributed by atoms with E-state index in [1.54, 1.807) is 0 Å². The van der Waals surface area contributed by atoms with E-state index in [1.807, 2.05) is 71.6 Å². The second-order valence-electron chi connectivity index (χ2n) is 4.04. The van der Waals surface area contributed by atoms with Gasteiger partial charge in [-0.1, -0.05) is 18.2 Å². The summed E-state index contributed by atoms with van der Waals surface area (Å²) < 4.78 is 8.32. The Bertz CT molecular complexity index is 714. The number of nitrogens with zero attached hydrogens (tertiary/aromatic N) is 1. The van der Waals surface area contributed by atoms with Crippen LogP contribution >= 0.6 is 12.2 Å². The molecule has 0 bridgehead atoms. The quantitative estimate of drug-likeness (QED) is 0.717. The SMILES string of the molecule is S=c1[nH]ccn1-c1ccc(Oc2ccccc2)cc1. The van der Waals surface area contributed by atoms with Crippen molar-refractivity contribution < 1.29 is 4.74 Å². The number of nitrogens with one attached hydrogen (secondary N) is 1. The summed E-state index contributed by atoms with van der Waals surface area (Å²) in [5, 5.41) is 0. The van der Waals surface area contributed by atoms with Gasteiger partial charge >= 0.3 is 0 Å². The van der Waals surface area contributed by atoms with Gasteiger partial charge in [-0.3, -0.25) is 4.57 Å². The smallest absolute Gasteiger partial charge is 0.181 e. The molecule has 3 nitrogen and oxygen atoms in total. The third kappa shape index (κ3) is 2.58. The fourth-order valence-corrected chi connectivity index (χ4v) is 2.06. The van der Waals surface area contributed by atoms with Gasteiger partial charge in [0.2, 0.25) is 0 Å². The lowest BCUT2D eigenvalue weighted by atomic mass is 10.3. The molecular weight excluding hydrogens is 256 g/mol. The molecule has 1 aromatic heterocycles. The average molecular weight is 268 g/mol. The molecule has 0 aliphatic heterocycles. The van der Waals surface area contributed by atoms with Crippen LogP contribution in [0.4, 0.5) is 0 Å². The van der Waals surface area contributed by atoms with Gasteiger partial charge in [-0.15, -0.1) is 0 Å². The molecule has 0 saturated carbocycles. The van der Waals surface area contributed by atoms with E-state index in [1.165, 1.54) is 0 Å². The molecule has 0 amide bonds. The van der Waals surface area contributed by atoms with E-state index in [0.29, 0.717) is 4.77 Å². The number of aromatic amines is 1. The van der Waals surface area contributed by atoms with E-state index >= 15 is 0 Å². The van der Waals surface area contributed by atoms with Crippen molar-refractivity contribution in [3.05, 3.63) is 71.8 Å². The Balaban J connectivity index is 1.84. The number of ether oxygens (including phenoxy) is 1. The third-order valence-corrected chi connectivity index (χ3v) is 3.06. The number of aromatic nitrogens is 2. The van der Waals surface area contributed by atoms with Crippen molar-refractivity contribution in [3.63, 3.8) is 0 Å². The van der Waals surface area contributed by atoms with Crippen LogP contribution in [0.15, 0.2) is 67.0 Å². The van der Waals surface area contributed by atoms with Crippen LogP contribution in [0.3, 0.4) is 0 Å². The number of para-hydroxylation sites is 1. The van der Waals surface area contributed by atoms with Crippen LogP contribution in [0.1, 0.15) is 0 Å². The molecule has 0 radical (unpaired) electrons. The Morgan fingerprint density at radius 1 is 0.895 bits per heavy atom. The zero-order valence-electron chi connectivity index (χ0n) is 10.1. The van der Waals surface area contributed by atoms with Crippen LogP contribution in [0, 0.1) is 4.77 Å². The minimum absolute atomic E-state index is 0.678. The van der Waals surface area contributed by atoms with Crippen LogP contribution in [0.5, 0.6) is 11.5 Å². The summed E-state index contributed by atoms with van der Waals surface area (Å²) in [4.78, 5) is 2.97. The normalized spacial score (nSPS) is 10.3. The molecule has 1 N–H and O–H groups in total. The standard InChI is InChI=1S/C15H12N2OS/c19-15-16-10-11-17(15)12-6-8-14(9-7-12)18-13-4-2-1-3-5-13/h1-11H,(H,16,19). The van der Waals surface area contributed by atoms with E-state index < -0.39 is 0 Å². The lowest BCUT2D eigenvalue weighted by Crippen LogP contribution is -1.92. The molecule has 0 fully saturated rings. The van der Waals surface area contributed by atoms with Crippen LogP contribution in [-0.4, -0.2) is 9.55 Å². The number of H-pyrrole nitrogens is 1. The number of hydrogen-bond acceptors (Lipinski definition) is 2. The topological polar surface area (TPSA) is 29.9 Å². The van der Waals surface area contributed by atoms with Gasteiger partial charge in [-0.2, -0.15) is 0 Å². The van der Waals surface area contributed by atoms with E-state index in [-0.39, 0.29) is 0 Å². The first-order valence-electron chi connectivity index (χ1n) is 5.92. The van der Waals surface area contributed by atoms with E-state index in [2.05, 4.69) is 4.98 Å². The minimum Gasteiger partial charge on any atom is -0.457 e. The van der Waals surface area contributed by atoms with Gasteiger partial charge in [0, 0.05) is 18.1 Å². The second kappa shape index (κ2) is 5.12. The molecule has 3 aromatic rings. The summed E-state index contributed by atoms with van der Waals surface area (Å²) in [6.07, 6.45) is 3.71. The molecule has 0 aliphatic carbocycles. The Kier molecular flexibility index (Phi) is 3.16. The first kappa shape index (κ1) is 11.7. The summed E-state index contributed by atoms with van der Waals surface area (Å²) in [6.45, 7) is 0. The number of hydrogen-bond donors (Lipinski definition) is 1. The molecule has 4 heteroatoms. The Hall–Kier alpha value is -2.33. The molecule has 19 heavy (non-hydrogen) atoms. The molecule has 2 aromatic carbocycles. The van der Waals surface area contributed by atoms with Crippen molar-refractivity contribution in [1.29, 1.82) is 0 Å². The van der Waals surface area contributed by atoms with Crippen molar-refractivity contribution in [2.75, 3.05) is 0 Å². The number of rotatable bonds is 3. The highest BCUT2D eigenvalue weighted by Crippen LogP contribution is 2.22. The molecule has 3 rings (SSSR count).